The molecule has 160 valence electrons. The van der Waals surface area contributed by atoms with Crippen LogP contribution in [0, 0.1) is 0 Å². The lowest BCUT2D eigenvalue weighted by molar-refractivity contribution is -0.136. The van der Waals surface area contributed by atoms with Gasteiger partial charge in [-0.2, -0.15) is 0 Å². The van der Waals surface area contributed by atoms with Gasteiger partial charge in [-0.25, -0.2) is 0 Å². The number of nitrogens with zero attached hydrogens (tertiary/aromatic N) is 4. The number of morpholine rings is 1. The predicted octanol–water partition coefficient (Wildman–Crippen LogP) is 1.21. The van der Waals surface area contributed by atoms with E-state index in [1.54, 1.807) is 0 Å². The zero-order valence-electron chi connectivity index (χ0n) is 17.1. The summed E-state index contributed by atoms with van der Waals surface area (Å²) in [6.07, 6.45) is 1.16. The van der Waals surface area contributed by atoms with Crippen molar-refractivity contribution < 1.29 is 9.53 Å². The number of hydrogen-bond acceptors (Lipinski definition) is 4. The van der Waals surface area contributed by atoms with Gasteiger partial charge in [0.25, 0.3) is 0 Å². The van der Waals surface area contributed by atoms with Gasteiger partial charge in [-0.1, -0.05) is 30.3 Å². The number of benzene rings is 1. The summed E-state index contributed by atoms with van der Waals surface area (Å²) in [6, 6.07) is 11.2. The molecule has 4 rings (SSSR count). The zero-order valence-corrected chi connectivity index (χ0v) is 19.5. The van der Waals surface area contributed by atoms with E-state index in [4.69, 9.17) is 4.74 Å². The quantitative estimate of drug-likeness (QED) is 0.373. The van der Waals surface area contributed by atoms with Gasteiger partial charge in [-0.15, -0.1) is 24.0 Å². The van der Waals surface area contributed by atoms with Crippen LogP contribution in [0.25, 0.3) is 0 Å². The van der Waals surface area contributed by atoms with E-state index in [2.05, 4.69) is 50.4 Å². The summed E-state index contributed by atoms with van der Waals surface area (Å²) in [5.74, 6) is 1.80. The molecule has 3 fully saturated rings. The average molecular weight is 513 g/mol. The maximum atomic E-state index is 12.4. The molecule has 2 unspecified atom stereocenters. The summed E-state index contributed by atoms with van der Waals surface area (Å²) in [4.78, 5) is 23.4. The summed E-state index contributed by atoms with van der Waals surface area (Å²) in [5.41, 5.74) is 1.40. The third kappa shape index (κ3) is 5.82. The van der Waals surface area contributed by atoms with E-state index >= 15 is 0 Å². The van der Waals surface area contributed by atoms with Crippen LogP contribution in [0.15, 0.2) is 35.3 Å². The molecule has 2 aliphatic heterocycles. The minimum Gasteiger partial charge on any atom is -0.378 e. The van der Waals surface area contributed by atoms with E-state index in [1.165, 1.54) is 5.56 Å². The van der Waals surface area contributed by atoms with Crippen LogP contribution < -0.4 is 5.32 Å². The third-order valence-electron chi connectivity index (χ3n) is 5.94. The number of nitrogens with one attached hydrogen (secondary N) is 1. The van der Waals surface area contributed by atoms with Crippen LogP contribution in [-0.2, 0) is 9.53 Å². The molecule has 0 bridgehead atoms. The fourth-order valence-corrected chi connectivity index (χ4v) is 4.11. The second-order valence-electron chi connectivity index (χ2n) is 7.81. The Bertz CT molecular complexity index is 688. The van der Waals surface area contributed by atoms with Crippen LogP contribution in [0.3, 0.4) is 0 Å². The molecule has 2 atom stereocenters. The molecular formula is C21H32IN5O2. The molecular weight excluding hydrogens is 481 g/mol. The first-order chi connectivity index (χ1) is 13.7. The molecule has 3 aliphatic rings. The molecule has 0 spiro atoms. The fourth-order valence-electron chi connectivity index (χ4n) is 4.11. The number of ether oxygens (including phenoxy) is 1. The first kappa shape index (κ1) is 22.3. The Labute approximate surface area is 190 Å². The lowest BCUT2D eigenvalue weighted by Crippen LogP contribution is -2.55. The minimum atomic E-state index is 0. The van der Waals surface area contributed by atoms with Crippen molar-refractivity contribution in [3.8, 4) is 0 Å². The summed E-state index contributed by atoms with van der Waals surface area (Å²) in [7, 11) is 1.86. The minimum absolute atomic E-state index is 0. The number of halogens is 1. The maximum Gasteiger partial charge on any atom is 0.236 e. The summed E-state index contributed by atoms with van der Waals surface area (Å²) >= 11 is 0. The van der Waals surface area contributed by atoms with E-state index in [1.807, 2.05) is 11.9 Å². The van der Waals surface area contributed by atoms with Gasteiger partial charge < -0.3 is 19.9 Å². The lowest BCUT2D eigenvalue weighted by Gasteiger charge is -2.37. The van der Waals surface area contributed by atoms with Crippen molar-refractivity contribution in [1.82, 2.24) is 20.0 Å². The highest BCUT2D eigenvalue weighted by Gasteiger charge is 2.39. The number of piperazine rings is 1. The topological polar surface area (TPSA) is 60.4 Å². The molecule has 8 heteroatoms. The van der Waals surface area contributed by atoms with Crippen LogP contribution in [0.1, 0.15) is 17.9 Å². The Morgan fingerprint density at radius 3 is 2.41 bits per heavy atom. The molecule has 29 heavy (non-hydrogen) atoms. The van der Waals surface area contributed by atoms with Crippen molar-refractivity contribution in [3.05, 3.63) is 35.9 Å². The van der Waals surface area contributed by atoms with Crippen LogP contribution in [0.2, 0.25) is 0 Å². The predicted molar refractivity (Wildman–Crippen MR) is 125 cm³/mol. The van der Waals surface area contributed by atoms with Crippen LogP contribution in [0.4, 0.5) is 0 Å². The molecule has 0 radical (unpaired) electrons. The van der Waals surface area contributed by atoms with Crippen LogP contribution >= 0.6 is 24.0 Å². The van der Waals surface area contributed by atoms with Gasteiger partial charge in [0.05, 0.1) is 19.8 Å². The molecule has 1 amide bonds. The molecule has 1 aromatic rings. The van der Waals surface area contributed by atoms with Crippen molar-refractivity contribution in [2.24, 2.45) is 4.99 Å². The molecule has 1 aliphatic carbocycles. The van der Waals surface area contributed by atoms with E-state index in [-0.39, 0.29) is 29.9 Å². The van der Waals surface area contributed by atoms with Crippen LogP contribution in [0.5, 0.6) is 0 Å². The van der Waals surface area contributed by atoms with Gasteiger partial charge in [0.1, 0.15) is 0 Å². The van der Waals surface area contributed by atoms with Gasteiger partial charge in [-0.3, -0.25) is 14.7 Å². The standard InChI is InChI=1S/C21H31N5O2.HI/c1-22-21(23-19-15-18(19)17-5-3-2-4-6-17)26-9-7-24(8-10-26)16-20(27)25-11-13-28-14-12-25;/h2-6,18-19H,7-16H2,1H3,(H,22,23);1H. The van der Waals surface area contributed by atoms with Gasteiger partial charge in [-0.05, 0) is 12.0 Å². The number of amides is 1. The van der Waals surface area contributed by atoms with E-state index < -0.39 is 0 Å². The summed E-state index contributed by atoms with van der Waals surface area (Å²) in [6.45, 7) is 6.86. The smallest absolute Gasteiger partial charge is 0.236 e. The van der Waals surface area contributed by atoms with Crippen molar-refractivity contribution in [2.75, 3.05) is 66.1 Å². The van der Waals surface area contributed by atoms with Crippen molar-refractivity contribution in [2.45, 2.75) is 18.4 Å². The van der Waals surface area contributed by atoms with Gasteiger partial charge in [0.15, 0.2) is 5.96 Å². The van der Waals surface area contributed by atoms with E-state index in [0.29, 0.717) is 31.7 Å². The van der Waals surface area contributed by atoms with Crippen LogP contribution in [-0.4, -0.2) is 98.7 Å². The van der Waals surface area contributed by atoms with E-state index in [0.717, 1.165) is 51.6 Å². The lowest BCUT2D eigenvalue weighted by atomic mass is 10.1. The normalized spacial score (nSPS) is 25.3. The van der Waals surface area contributed by atoms with Gasteiger partial charge in [0, 0.05) is 58.3 Å². The number of guanidine groups is 1. The highest BCUT2D eigenvalue weighted by atomic mass is 127. The van der Waals surface area contributed by atoms with Gasteiger partial charge >= 0.3 is 0 Å². The van der Waals surface area contributed by atoms with Crippen molar-refractivity contribution in [3.63, 3.8) is 0 Å². The first-order valence-corrected chi connectivity index (χ1v) is 10.4. The Balaban J connectivity index is 0.00000240. The molecule has 2 heterocycles. The number of carbonyl (C=O) groups is 1. The largest absolute Gasteiger partial charge is 0.378 e. The fraction of sp³-hybridized carbons (Fsp3) is 0.619. The Morgan fingerprint density at radius 1 is 1.07 bits per heavy atom. The second kappa shape index (κ2) is 10.6. The molecule has 1 saturated carbocycles. The average Bonchev–Trinajstić information content (AvgIpc) is 3.53. The van der Waals surface area contributed by atoms with Crippen molar-refractivity contribution >= 4 is 35.8 Å². The molecule has 1 aromatic carbocycles. The third-order valence-corrected chi connectivity index (χ3v) is 5.94. The van der Waals surface area contributed by atoms with E-state index in [9.17, 15) is 4.79 Å². The molecule has 7 nitrogen and oxygen atoms in total. The Hall–Kier alpha value is -1.39. The first-order valence-electron chi connectivity index (χ1n) is 10.4. The Morgan fingerprint density at radius 2 is 1.76 bits per heavy atom. The maximum absolute atomic E-state index is 12.4. The number of rotatable bonds is 4. The highest BCUT2D eigenvalue weighted by Crippen LogP contribution is 2.40. The molecule has 0 aromatic heterocycles. The number of carbonyl (C=O) groups excluding carboxylic acids is 1. The van der Waals surface area contributed by atoms with Crippen molar-refractivity contribution in [1.29, 1.82) is 0 Å². The molecule has 1 N–H and O–H groups in total. The zero-order chi connectivity index (χ0) is 19.3. The summed E-state index contributed by atoms with van der Waals surface area (Å²) < 4.78 is 5.33. The van der Waals surface area contributed by atoms with Gasteiger partial charge in [0.2, 0.25) is 5.91 Å². The molecule has 2 saturated heterocycles. The summed E-state index contributed by atoms with van der Waals surface area (Å²) in [5, 5.41) is 3.63. The Kier molecular flexibility index (Phi) is 8.14. The monoisotopic (exact) mass is 513 g/mol. The highest BCUT2D eigenvalue weighted by molar-refractivity contribution is 14.0. The SMILES string of the molecule is CN=C(NC1CC1c1ccccc1)N1CCN(CC(=O)N2CCOCC2)CC1.I. The number of aliphatic imine (C=N–C) groups is 1. The second-order valence-corrected chi connectivity index (χ2v) is 7.81. The number of hydrogen-bond donors (Lipinski definition) is 1.